The number of halogens is 1. The van der Waals surface area contributed by atoms with Gasteiger partial charge in [0.05, 0.1) is 11.5 Å². The third kappa shape index (κ3) is 3.63. The standard InChI is InChI=1S/C13H20N2O3S.ClH/c1-3-18-12-4-6-13(7-5-12)19(16,17)15-9-8-14-10-11(15)2;/h4-7,11,14H,3,8-10H2,1-2H3;1H. The topological polar surface area (TPSA) is 58.6 Å². The van der Waals surface area contributed by atoms with Gasteiger partial charge in [0.1, 0.15) is 5.75 Å². The van der Waals surface area contributed by atoms with Crippen LogP contribution < -0.4 is 10.1 Å². The fraction of sp³-hybridized carbons (Fsp3) is 0.538. The summed E-state index contributed by atoms with van der Waals surface area (Å²) in [5, 5.41) is 3.19. The average Bonchev–Trinajstić information content (AvgIpc) is 2.40. The number of nitrogens with zero attached hydrogens (tertiary/aromatic N) is 1. The zero-order valence-electron chi connectivity index (χ0n) is 11.7. The summed E-state index contributed by atoms with van der Waals surface area (Å²) in [6, 6.07) is 6.58. The fourth-order valence-electron chi connectivity index (χ4n) is 2.19. The molecule has 1 aliphatic rings. The van der Waals surface area contributed by atoms with Crippen molar-refractivity contribution in [3.8, 4) is 5.75 Å². The van der Waals surface area contributed by atoms with Gasteiger partial charge in [-0.05, 0) is 38.1 Å². The molecule has 1 atom stereocenters. The van der Waals surface area contributed by atoms with Crippen LogP contribution in [0.1, 0.15) is 13.8 Å². The van der Waals surface area contributed by atoms with Gasteiger partial charge < -0.3 is 10.1 Å². The van der Waals surface area contributed by atoms with E-state index in [-0.39, 0.29) is 18.4 Å². The Hall–Kier alpha value is -0.820. The van der Waals surface area contributed by atoms with Gasteiger partial charge in [-0.2, -0.15) is 4.31 Å². The molecule has 1 aromatic carbocycles. The lowest BCUT2D eigenvalue weighted by Crippen LogP contribution is -2.52. The van der Waals surface area contributed by atoms with Crippen LogP contribution in [0.15, 0.2) is 29.2 Å². The Balaban J connectivity index is 0.00000200. The molecule has 1 unspecified atom stereocenters. The van der Waals surface area contributed by atoms with E-state index in [1.165, 1.54) is 0 Å². The second-order valence-corrected chi connectivity index (χ2v) is 6.46. The molecule has 1 saturated heterocycles. The predicted octanol–water partition coefficient (Wildman–Crippen LogP) is 1.49. The monoisotopic (exact) mass is 320 g/mol. The Labute approximate surface area is 126 Å². The smallest absolute Gasteiger partial charge is 0.243 e. The first kappa shape index (κ1) is 17.2. The number of benzene rings is 1. The van der Waals surface area contributed by atoms with Gasteiger partial charge in [0.15, 0.2) is 0 Å². The molecule has 0 aromatic heterocycles. The van der Waals surface area contributed by atoms with Gasteiger partial charge in [-0.25, -0.2) is 8.42 Å². The zero-order valence-corrected chi connectivity index (χ0v) is 13.3. The van der Waals surface area contributed by atoms with Crippen molar-refractivity contribution in [1.82, 2.24) is 9.62 Å². The largest absolute Gasteiger partial charge is 0.494 e. The molecular weight excluding hydrogens is 300 g/mol. The summed E-state index contributed by atoms with van der Waals surface area (Å²) in [6.07, 6.45) is 0. The molecule has 5 nitrogen and oxygen atoms in total. The van der Waals surface area contributed by atoms with Gasteiger partial charge in [0.25, 0.3) is 0 Å². The van der Waals surface area contributed by atoms with E-state index in [1.807, 2.05) is 13.8 Å². The maximum absolute atomic E-state index is 12.5. The Morgan fingerprint density at radius 3 is 2.55 bits per heavy atom. The Morgan fingerprint density at radius 1 is 1.35 bits per heavy atom. The molecule has 1 aliphatic heterocycles. The minimum Gasteiger partial charge on any atom is -0.494 e. The second-order valence-electron chi connectivity index (χ2n) is 4.57. The predicted molar refractivity (Wildman–Crippen MR) is 81.1 cm³/mol. The second kappa shape index (κ2) is 7.26. The van der Waals surface area contributed by atoms with Gasteiger partial charge in [-0.1, -0.05) is 0 Å². The van der Waals surface area contributed by atoms with Gasteiger partial charge in [0.2, 0.25) is 10.0 Å². The molecule has 0 amide bonds. The van der Waals surface area contributed by atoms with Crippen molar-refractivity contribution in [2.75, 3.05) is 26.2 Å². The van der Waals surface area contributed by atoms with Crippen molar-refractivity contribution in [1.29, 1.82) is 0 Å². The first-order chi connectivity index (χ1) is 9.05. The van der Waals surface area contributed by atoms with E-state index in [0.717, 1.165) is 0 Å². The highest BCUT2D eigenvalue weighted by Gasteiger charge is 2.30. The van der Waals surface area contributed by atoms with Crippen molar-refractivity contribution in [3.63, 3.8) is 0 Å². The number of hydrogen-bond acceptors (Lipinski definition) is 4. The summed E-state index contributed by atoms with van der Waals surface area (Å²) in [7, 11) is -3.41. The fourth-order valence-corrected chi connectivity index (χ4v) is 3.82. The van der Waals surface area contributed by atoms with E-state index in [0.29, 0.717) is 36.9 Å². The van der Waals surface area contributed by atoms with Crippen molar-refractivity contribution in [2.24, 2.45) is 0 Å². The SMILES string of the molecule is CCOc1ccc(S(=O)(=O)N2CCNCC2C)cc1.Cl. The van der Waals surface area contributed by atoms with E-state index in [1.54, 1.807) is 28.6 Å². The van der Waals surface area contributed by atoms with E-state index in [4.69, 9.17) is 4.74 Å². The van der Waals surface area contributed by atoms with Crippen LogP contribution in [0.2, 0.25) is 0 Å². The highest BCUT2D eigenvalue weighted by molar-refractivity contribution is 7.89. The van der Waals surface area contributed by atoms with Crippen LogP contribution in [0.25, 0.3) is 0 Å². The van der Waals surface area contributed by atoms with E-state index >= 15 is 0 Å². The molecule has 114 valence electrons. The molecular formula is C13H21ClN2O3S. The lowest BCUT2D eigenvalue weighted by Gasteiger charge is -2.32. The quantitative estimate of drug-likeness (QED) is 0.913. The Bertz CT molecular complexity index is 519. The maximum Gasteiger partial charge on any atom is 0.243 e. The third-order valence-electron chi connectivity index (χ3n) is 3.18. The van der Waals surface area contributed by atoms with E-state index in [2.05, 4.69) is 5.32 Å². The highest BCUT2D eigenvalue weighted by atomic mass is 35.5. The molecule has 0 bridgehead atoms. The van der Waals surface area contributed by atoms with Crippen LogP contribution in [-0.2, 0) is 10.0 Å². The van der Waals surface area contributed by atoms with E-state index in [9.17, 15) is 8.42 Å². The van der Waals surface area contributed by atoms with Crippen LogP contribution in [-0.4, -0.2) is 45.0 Å². The van der Waals surface area contributed by atoms with Crippen molar-refractivity contribution in [2.45, 2.75) is 24.8 Å². The molecule has 1 aromatic rings. The number of sulfonamides is 1. The molecule has 2 rings (SSSR count). The molecule has 1 N–H and O–H groups in total. The summed E-state index contributed by atoms with van der Waals surface area (Å²) in [5.41, 5.74) is 0. The normalized spacial score (nSPS) is 20.2. The van der Waals surface area contributed by atoms with Crippen LogP contribution >= 0.6 is 12.4 Å². The van der Waals surface area contributed by atoms with Gasteiger partial charge >= 0.3 is 0 Å². The lowest BCUT2D eigenvalue weighted by atomic mass is 10.3. The zero-order chi connectivity index (χ0) is 13.9. The average molecular weight is 321 g/mol. The minimum absolute atomic E-state index is 0. The van der Waals surface area contributed by atoms with Crippen LogP contribution in [0.4, 0.5) is 0 Å². The van der Waals surface area contributed by atoms with Crippen molar-refractivity contribution in [3.05, 3.63) is 24.3 Å². The molecule has 0 aliphatic carbocycles. The Kier molecular flexibility index (Phi) is 6.26. The first-order valence-corrected chi connectivity index (χ1v) is 7.95. The van der Waals surface area contributed by atoms with Gasteiger partial charge in [0, 0.05) is 25.7 Å². The summed E-state index contributed by atoms with van der Waals surface area (Å²) in [6.45, 7) is 6.28. The Morgan fingerprint density at radius 2 is 2.00 bits per heavy atom. The van der Waals surface area contributed by atoms with Gasteiger partial charge in [-0.15, -0.1) is 12.4 Å². The molecule has 1 fully saturated rings. The van der Waals surface area contributed by atoms with Crippen molar-refractivity contribution < 1.29 is 13.2 Å². The number of hydrogen-bond donors (Lipinski definition) is 1. The number of nitrogens with one attached hydrogen (secondary N) is 1. The number of rotatable bonds is 4. The number of ether oxygens (including phenoxy) is 1. The summed E-state index contributed by atoms with van der Waals surface area (Å²) in [5.74, 6) is 0.690. The number of piperazine rings is 1. The highest BCUT2D eigenvalue weighted by Crippen LogP contribution is 2.21. The van der Waals surface area contributed by atoms with E-state index < -0.39 is 10.0 Å². The summed E-state index contributed by atoms with van der Waals surface area (Å²) >= 11 is 0. The summed E-state index contributed by atoms with van der Waals surface area (Å²) in [4.78, 5) is 0.324. The molecule has 7 heteroatoms. The molecule has 1 heterocycles. The van der Waals surface area contributed by atoms with Crippen molar-refractivity contribution >= 4 is 22.4 Å². The molecule has 20 heavy (non-hydrogen) atoms. The third-order valence-corrected chi connectivity index (χ3v) is 5.21. The lowest BCUT2D eigenvalue weighted by molar-refractivity contribution is 0.284. The maximum atomic E-state index is 12.5. The van der Waals surface area contributed by atoms with Crippen LogP contribution in [0, 0.1) is 0 Å². The van der Waals surface area contributed by atoms with Crippen LogP contribution in [0.5, 0.6) is 5.75 Å². The first-order valence-electron chi connectivity index (χ1n) is 6.51. The molecule has 0 radical (unpaired) electrons. The molecule has 0 saturated carbocycles. The van der Waals surface area contributed by atoms with Crippen LogP contribution in [0.3, 0.4) is 0 Å². The van der Waals surface area contributed by atoms with Gasteiger partial charge in [-0.3, -0.25) is 0 Å². The minimum atomic E-state index is -3.41. The molecule has 0 spiro atoms. The summed E-state index contributed by atoms with van der Waals surface area (Å²) < 4.78 is 31.9.